The number of hydrogen-bond donors (Lipinski definition) is 1. The third kappa shape index (κ3) is 2.59. The lowest BCUT2D eigenvalue weighted by molar-refractivity contribution is 0.570. The molecule has 2 N–H and O–H groups in total. The molecule has 4 aromatic rings. The fraction of sp³-hybridized carbons (Fsp3) is 0.167. The molecule has 0 fully saturated rings. The molecule has 25 heavy (non-hydrogen) atoms. The average Bonchev–Trinajstić information content (AvgIpc) is 3.23. The summed E-state index contributed by atoms with van der Waals surface area (Å²) in [4.78, 5) is 13.1. The zero-order valence-electron chi connectivity index (χ0n) is 13.8. The highest BCUT2D eigenvalue weighted by Crippen LogP contribution is 2.32. The number of rotatable bonds is 3. The van der Waals surface area contributed by atoms with E-state index in [4.69, 9.17) is 21.8 Å². The molecule has 6 nitrogen and oxygen atoms in total. The van der Waals surface area contributed by atoms with E-state index in [1.54, 1.807) is 6.20 Å². The topological polar surface area (TPSA) is 82.2 Å². The predicted octanol–water partition coefficient (Wildman–Crippen LogP) is 3.78. The molecule has 0 saturated heterocycles. The SMILES string of the molecule is Cc1cc(Cl)ccc1-c1c(CN)c(C)nc2nc(-c3cnco3)cn12. The standard InChI is InChI=1S/C18H16ClN5O/c1-10-5-12(19)3-4-13(10)17-14(6-20)11(2)22-18-23-15(8-24(17)18)16-7-21-9-25-16/h3-5,7-9H,6,20H2,1-2H3. The summed E-state index contributed by atoms with van der Waals surface area (Å²) in [5.41, 5.74) is 11.6. The van der Waals surface area contributed by atoms with Crippen molar-refractivity contribution in [1.29, 1.82) is 0 Å². The van der Waals surface area contributed by atoms with E-state index in [0.717, 1.165) is 28.1 Å². The van der Waals surface area contributed by atoms with Gasteiger partial charge in [0.05, 0.1) is 11.9 Å². The summed E-state index contributed by atoms with van der Waals surface area (Å²) in [7, 11) is 0. The number of halogens is 1. The van der Waals surface area contributed by atoms with Crippen molar-refractivity contribution in [3.05, 3.63) is 58.8 Å². The molecule has 0 bridgehead atoms. The van der Waals surface area contributed by atoms with Gasteiger partial charge in [-0.25, -0.2) is 15.0 Å². The first-order valence-electron chi connectivity index (χ1n) is 7.82. The van der Waals surface area contributed by atoms with Crippen molar-refractivity contribution in [1.82, 2.24) is 19.4 Å². The van der Waals surface area contributed by atoms with Crippen molar-refractivity contribution in [2.75, 3.05) is 0 Å². The second-order valence-electron chi connectivity index (χ2n) is 5.85. The van der Waals surface area contributed by atoms with Crippen LogP contribution >= 0.6 is 11.6 Å². The highest BCUT2D eigenvalue weighted by Gasteiger charge is 2.18. The fourth-order valence-corrected chi connectivity index (χ4v) is 3.27. The first-order chi connectivity index (χ1) is 12.1. The Hall–Kier alpha value is -2.70. The van der Waals surface area contributed by atoms with Crippen LogP contribution in [0.5, 0.6) is 0 Å². The first kappa shape index (κ1) is 15.8. The number of imidazole rings is 1. The molecule has 0 saturated carbocycles. The molecule has 3 aromatic heterocycles. The summed E-state index contributed by atoms with van der Waals surface area (Å²) >= 11 is 6.12. The summed E-state index contributed by atoms with van der Waals surface area (Å²) in [5.74, 6) is 1.18. The Morgan fingerprint density at radius 3 is 2.76 bits per heavy atom. The van der Waals surface area contributed by atoms with Gasteiger partial charge in [0.15, 0.2) is 12.2 Å². The fourth-order valence-electron chi connectivity index (χ4n) is 3.04. The second kappa shape index (κ2) is 5.98. The van der Waals surface area contributed by atoms with Crippen LogP contribution in [0.25, 0.3) is 28.5 Å². The monoisotopic (exact) mass is 353 g/mol. The molecule has 7 heteroatoms. The molecule has 0 unspecified atom stereocenters. The summed E-state index contributed by atoms with van der Waals surface area (Å²) in [6.45, 7) is 4.35. The number of hydrogen-bond acceptors (Lipinski definition) is 5. The van der Waals surface area contributed by atoms with Gasteiger partial charge in [-0.1, -0.05) is 17.7 Å². The van der Waals surface area contributed by atoms with Gasteiger partial charge in [0.2, 0.25) is 5.78 Å². The van der Waals surface area contributed by atoms with Crippen LogP contribution < -0.4 is 5.73 Å². The minimum atomic E-state index is 0.377. The summed E-state index contributed by atoms with van der Waals surface area (Å²) in [6, 6.07) is 5.81. The molecule has 3 heterocycles. The van der Waals surface area contributed by atoms with Gasteiger partial charge in [0, 0.05) is 34.6 Å². The Labute approximate surface area is 149 Å². The van der Waals surface area contributed by atoms with Crippen LogP contribution in [0, 0.1) is 13.8 Å². The predicted molar refractivity (Wildman–Crippen MR) is 96.3 cm³/mol. The van der Waals surface area contributed by atoms with E-state index in [1.807, 2.05) is 42.6 Å². The third-order valence-electron chi connectivity index (χ3n) is 4.25. The largest absolute Gasteiger partial charge is 0.442 e. The third-order valence-corrected chi connectivity index (χ3v) is 4.49. The Bertz CT molecular complexity index is 1070. The Morgan fingerprint density at radius 2 is 2.08 bits per heavy atom. The molecule has 0 radical (unpaired) electrons. The van der Waals surface area contributed by atoms with Crippen LogP contribution in [0.3, 0.4) is 0 Å². The van der Waals surface area contributed by atoms with Gasteiger partial charge in [-0.3, -0.25) is 4.40 Å². The van der Waals surface area contributed by atoms with Crippen LogP contribution in [0.15, 0.2) is 41.4 Å². The molecule has 1 aromatic carbocycles. The van der Waals surface area contributed by atoms with Gasteiger partial charge in [-0.05, 0) is 31.5 Å². The Kier molecular flexibility index (Phi) is 3.78. The van der Waals surface area contributed by atoms with Gasteiger partial charge in [-0.2, -0.15) is 0 Å². The zero-order chi connectivity index (χ0) is 17.6. The van der Waals surface area contributed by atoms with E-state index in [2.05, 4.69) is 15.0 Å². The number of benzene rings is 1. The first-order valence-corrected chi connectivity index (χ1v) is 8.20. The number of fused-ring (bicyclic) bond motifs is 1. The summed E-state index contributed by atoms with van der Waals surface area (Å²) in [6.07, 6.45) is 4.91. The maximum atomic E-state index is 6.12. The molecular weight excluding hydrogens is 338 g/mol. The lowest BCUT2D eigenvalue weighted by Crippen LogP contribution is -2.09. The van der Waals surface area contributed by atoms with Gasteiger partial charge in [-0.15, -0.1) is 0 Å². The van der Waals surface area contributed by atoms with Crippen molar-refractivity contribution in [2.24, 2.45) is 5.73 Å². The van der Waals surface area contributed by atoms with Crippen molar-refractivity contribution in [3.8, 4) is 22.7 Å². The van der Waals surface area contributed by atoms with Gasteiger partial charge in [0.25, 0.3) is 0 Å². The van der Waals surface area contributed by atoms with E-state index >= 15 is 0 Å². The molecule has 0 aliphatic heterocycles. The van der Waals surface area contributed by atoms with Crippen LogP contribution in [-0.2, 0) is 6.54 Å². The zero-order valence-corrected chi connectivity index (χ0v) is 14.6. The molecule has 0 amide bonds. The minimum Gasteiger partial charge on any atom is -0.442 e. The van der Waals surface area contributed by atoms with Crippen LogP contribution in [0.1, 0.15) is 16.8 Å². The number of aromatic nitrogens is 4. The quantitative estimate of drug-likeness (QED) is 0.606. The van der Waals surface area contributed by atoms with Crippen LogP contribution in [-0.4, -0.2) is 19.4 Å². The van der Waals surface area contributed by atoms with Crippen LogP contribution in [0.2, 0.25) is 5.02 Å². The molecule has 0 spiro atoms. The van der Waals surface area contributed by atoms with Crippen molar-refractivity contribution in [2.45, 2.75) is 20.4 Å². The summed E-state index contributed by atoms with van der Waals surface area (Å²) < 4.78 is 7.31. The number of nitrogens with zero attached hydrogens (tertiary/aromatic N) is 4. The molecule has 0 aliphatic rings. The number of oxazole rings is 1. The van der Waals surface area contributed by atoms with Crippen LogP contribution in [0.4, 0.5) is 0 Å². The minimum absolute atomic E-state index is 0.377. The van der Waals surface area contributed by atoms with Crippen molar-refractivity contribution < 1.29 is 4.42 Å². The average molecular weight is 354 g/mol. The van der Waals surface area contributed by atoms with E-state index in [-0.39, 0.29) is 0 Å². The normalized spacial score (nSPS) is 11.4. The van der Waals surface area contributed by atoms with E-state index < -0.39 is 0 Å². The highest BCUT2D eigenvalue weighted by molar-refractivity contribution is 6.30. The van der Waals surface area contributed by atoms with Gasteiger partial charge in [0.1, 0.15) is 5.69 Å². The Morgan fingerprint density at radius 1 is 1.24 bits per heavy atom. The second-order valence-corrected chi connectivity index (χ2v) is 6.29. The van der Waals surface area contributed by atoms with E-state index in [1.165, 1.54) is 6.39 Å². The molecule has 0 aliphatic carbocycles. The smallest absolute Gasteiger partial charge is 0.235 e. The molecule has 4 rings (SSSR count). The molecular formula is C18H16ClN5O. The number of nitrogens with two attached hydrogens (primary N) is 1. The molecule has 0 atom stereocenters. The van der Waals surface area contributed by atoms with Crippen molar-refractivity contribution >= 4 is 17.4 Å². The highest BCUT2D eigenvalue weighted by atomic mass is 35.5. The van der Waals surface area contributed by atoms with E-state index in [0.29, 0.717) is 28.8 Å². The lowest BCUT2D eigenvalue weighted by atomic mass is 10.00. The molecule has 126 valence electrons. The van der Waals surface area contributed by atoms with Gasteiger partial charge >= 0.3 is 0 Å². The van der Waals surface area contributed by atoms with Gasteiger partial charge < -0.3 is 10.2 Å². The lowest BCUT2D eigenvalue weighted by Gasteiger charge is -2.15. The van der Waals surface area contributed by atoms with E-state index in [9.17, 15) is 0 Å². The maximum absolute atomic E-state index is 6.12. The summed E-state index contributed by atoms with van der Waals surface area (Å²) in [5, 5.41) is 0.700. The van der Waals surface area contributed by atoms with Crippen molar-refractivity contribution in [3.63, 3.8) is 0 Å². The number of aryl methyl sites for hydroxylation is 2. The maximum Gasteiger partial charge on any atom is 0.235 e. The Balaban J connectivity index is 2.06.